The fraction of sp³-hybridized carbons (Fsp3) is 0.333. The molecule has 1 unspecified atom stereocenters. The van der Waals surface area contributed by atoms with Crippen LogP contribution < -0.4 is 4.90 Å². The summed E-state index contributed by atoms with van der Waals surface area (Å²) in [6.07, 6.45) is 4.47. The Morgan fingerprint density at radius 1 is 1.29 bits per heavy atom. The van der Waals surface area contributed by atoms with E-state index in [1.165, 1.54) is 29.0 Å². The highest BCUT2D eigenvalue weighted by Gasteiger charge is 2.26. The zero-order valence-corrected chi connectivity index (χ0v) is 14.2. The fourth-order valence-corrected chi connectivity index (χ4v) is 3.76. The molecule has 1 aliphatic rings. The van der Waals surface area contributed by atoms with E-state index in [0.717, 1.165) is 31.0 Å². The smallest absolute Gasteiger partial charge is 0.225 e. The molecule has 3 aromatic rings. The standard InChI is InChI=1S/C18H18ClFN4/c1-2-23(18-21-9-14(20)10-22-18)16-6-5-15-7-12-3-4-13(19)8-17(12)24(15)11-16/h3-4,7-10,16H,2,5-6,11H2,1H3. The number of nitrogens with zero attached hydrogens (tertiary/aromatic N) is 4. The summed E-state index contributed by atoms with van der Waals surface area (Å²) in [5, 5.41) is 1.97. The summed E-state index contributed by atoms with van der Waals surface area (Å²) < 4.78 is 15.4. The molecule has 4 rings (SSSR count). The Bertz CT molecular complexity index is 875. The topological polar surface area (TPSA) is 34.0 Å². The van der Waals surface area contributed by atoms with Gasteiger partial charge in [0.2, 0.25) is 5.95 Å². The molecule has 1 aromatic carbocycles. The van der Waals surface area contributed by atoms with E-state index in [9.17, 15) is 4.39 Å². The number of benzene rings is 1. The summed E-state index contributed by atoms with van der Waals surface area (Å²) in [4.78, 5) is 10.5. The van der Waals surface area contributed by atoms with Crippen LogP contribution >= 0.6 is 11.6 Å². The van der Waals surface area contributed by atoms with Crippen LogP contribution in [0, 0.1) is 5.82 Å². The molecule has 0 amide bonds. The first-order valence-corrected chi connectivity index (χ1v) is 8.55. The van der Waals surface area contributed by atoms with Gasteiger partial charge in [0.1, 0.15) is 0 Å². The van der Waals surface area contributed by atoms with Crippen molar-refractivity contribution in [2.24, 2.45) is 0 Å². The average molecular weight is 345 g/mol. The van der Waals surface area contributed by atoms with Gasteiger partial charge in [0.25, 0.3) is 0 Å². The molecule has 0 bridgehead atoms. The van der Waals surface area contributed by atoms with Gasteiger partial charge in [-0.2, -0.15) is 0 Å². The third kappa shape index (κ3) is 2.63. The van der Waals surface area contributed by atoms with Gasteiger partial charge in [-0.15, -0.1) is 0 Å². The number of halogens is 2. The minimum atomic E-state index is -0.410. The molecular weight excluding hydrogens is 327 g/mol. The summed E-state index contributed by atoms with van der Waals surface area (Å²) in [6.45, 7) is 3.71. The highest BCUT2D eigenvalue weighted by molar-refractivity contribution is 6.31. The highest BCUT2D eigenvalue weighted by Crippen LogP contribution is 2.30. The molecule has 0 radical (unpaired) electrons. The number of anilines is 1. The number of fused-ring (bicyclic) bond motifs is 3. The van der Waals surface area contributed by atoms with E-state index in [2.05, 4.69) is 38.5 Å². The largest absolute Gasteiger partial charge is 0.342 e. The molecule has 1 atom stereocenters. The van der Waals surface area contributed by atoms with Gasteiger partial charge in [0, 0.05) is 29.3 Å². The molecule has 3 heterocycles. The van der Waals surface area contributed by atoms with Gasteiger partial charge in [-0.05, 0) is 43.4 Å². The SMILES string of the molecule is CCN(c1ncc(F)cn1)C1CCc2cc3ccc(Cl)cc3n2C1. The summed E-state index contributed by atoms with van der Waals surface area (Å²) in [6, 6.07) is 8.54. The van der Waals surface area contributed by atoms with Gasteiger partial charge < -0.3 is 9.47 Å². The van der Waals surface area contributed by atoms with Crippen LogP contribution in [0.2, 0.25) is 5.02 Å². The first kappa shape index (κ1) is 15.4. The van der Waals surface area contributed by atoms with Gasteiger partial charge in [-0.25, -0.2) is 14.4 Å². The minimum absolute atomic E-state index is 0.280. The van der Waals surface area contributed by atoms with Crippen LogP contribution in [-0.2, 0) is 13.0 Å². The van der Waals surface area contributed by atoms with E-state index in [0.29, 0.717) is 5.95 Å². The summed E-state index contributed by atoms with van der Waals surface area (Å²) >= 11 is 6.18. The molecular formula is C18H18ClFN4. The lowest BCUT2D eigenvalue weighted by Crippen LogP contribution is -2.42. The Hall–Kier alpha value is -2.14. The third-order valence-electron chi connectivity index (χ3n) is 4.72. The van der Waals surface area contributed by atoms with Crippen LogP contribution in [0.1, 0.15) is 19.0 Å². The number of aromatic nitrogens is 3. The first-order valence-electron chi connectivity index (χ1n) is 8.17. The number of likely N-dealkylation sites (N-methyl/N-ethyl adjacent to an activating group) is 1. The number of rotatable bonds is 3. The molecule has 6 heteroatoms. The minimum Gasteiger partial charge on any atom is -0.342 e. The van der Waals surface area contributed by atoms with E-state index in [4.69, 9.17) is 11.6 Å². The Labute approximate surface area is 144 Å². The summed E-state index contributed by atoms with van der Waals surface area (Å²) in [5.41, 5.74) is 2.50. The monoisotopic (exact) mass is 344 g/mol. The van der Waals surface area contributed by atoms with Gasteiger partial charge >= 0.3 is 0 Å². The van der Waals surface area contributed by atoms with Crippen LogP contribution in [0.25, 0.3) is 10.9 Å². The van der Waals surface area contributed by atoms with Crippen molar-refractivity contribution >= 4 is 28.5 Å². The van der Waals surface area contributed by atoms with Gasteiger partial charge in [-0.1, -0.05) is 17.7 Å². The third-order valence-corrected chi connectivity index (χ3v) is 4.96. The van der Waals surface area contributed by atoms with Crippen molar-refractivity contribution in [1.29, 1.82) is 0 Å². The normalized spacial score (nSPS) is 17.0. The fourth-order valence-electron chi connectivity index (χ4n) is 3.60. The van der Waals surface area contributed by atoms with Crippen LogP contribution in [0.3, 0.4) is 0 Å². The molecule has 0 N–H and O–H groups in total. The van der Waals surface area contributed by atoms with E-state index in [1.807, 2.05) is 12.1 Å². The zero-order chi connectivity index (χ0) is 16.7. The first-order chi connectivity index (χ1) is 11.7. The quantitative estimate of drug-likeness (QED) is 0.718. The second-order valence-electron chi connectivity index (χ2n) is 6.13. The van der Waals surface area contributed by atoms with Crippen molar-refractivity contribution in [3.8, 4) is 0 Å². The van der Waals surface area contributed by atoms with Gasteiger partial charge in [0.05, 0.1) is 18.4 Å². The predicted octanol–water partition coefficient (Wildman–Crippen LogP) is 4.07. The molecule has 4 nitrogen and oxygen atoms in total. The lowest BCUT2D eigenvalue weighted by Gasteiger charge is -2.35. The molecule has 24 heavy (non-hydrogen) atoms. The van der Waals surface area contributed by atoms with E-state index in [-0.39, 0.29) is 6.04 Å². The maximum Gasteiger partial charge on any atom is 0.225 e. The molecule has 0 spiro atoms. The number of hydrogen-bond donors (Lipinski definition) is 0. The maximum atomic E-state index is 13.1. The summed E-state index contributed by atoms with van der Waals surface area (Å²) in [7, 11) is 0. The average Bonchev–Trinajstić information content (AvgIpc) is 2.95. The Morgan fingerprint density at radius 2 is 2.08 bits per heavy atom. The van der Waals surface area contributed by atoms with Crippen molar-refractivity contribution in [2.75, 3.05) is 11.4 Å². The Kier molecular flexibility index (Phi) is 3.88. The predicted molar refractivity (Wildman–Crippen MR) is 94.1 cm³/mol. The molecule has 0 aliphatic carbocycles. The van der Waals surface area contributed by atoms with E-state index >= 15 is 0 Å². The van der Waals surface area contributed by atoms with Crippen molar-refractivity contribution in [3.63, 3.8) is 0 Å². The van der Waals surface area contributed by atoms with E-state index < -0.39 is 5.82 Å². The lowest BCUT2D eigenvalue weighted by atomic mass is 10.0. The van der Waals surface area contributed by atoms with Crippen molar-refractivity contribution in [1.82, 2.24) is 14.5 Å². The van der Waals surface area contributed by atoms with Gasteiger partial charge in [0.15, 0.2) is 5.82 Å². The molecule has 124 valence electrons. The summed E-state index contributed by atoms with van der Waals surface area (Å²) in [5.74, 6) is 0.175. The molecule has 0 saturated heterocycles. The molecule has 0 saturated carbocycles. The van der Waals surface area contributed by atoms with Crippen molar-refractivity contribution in [3.05, 3.63) is 53.2 Å². The second kappa shape index (κ2) is 6.06. The number of hydrogen-bond acceptors (Lipinski definition) is 3. The maximum absolute atomic E-state index is 13.1. The zero-order valence-electron chi connectivity index (χ0n) is 13.4. The van der Waals surface area contributed by atoms with Crippen molar-refractivity contribution < 1.29 is 4.39 Å². The Morgan fingerprint density at radius 3 is 2.83 bits per heavy atom. The second-order valence-corrected chi connectivity index (χ2v) is 6.57. The van der Waals surface area contributed by atoms with Crippen LogP contribution in [0.4, 0.5) is 10.3 Å². The lowest BCUT2D eigenvalue weighted by molar-refractivity contribution is 0.436. The molecule has 1 aliphatic heterocycles. The van der Waals surface area contributed by atoms with Crippen molar-refractivity contribution in [2.45, 2.75) is 32.4 Å². The van der Waals surface area contributed by atoms with Crippen LogP contribution in [-0.4, -0.2) is 27.1 Å². The molecule has 2 aromatic heterocycles. The number of aryl methyl sites for hydroxylation is 1. The molecule has 0 fully saturated rings. The van der Waals surface area contributed by atoms with E-state index in [1.54, 1.807) is 0 Å². The Balaban J connectivity index is 1.68. The highest BCUT2D eigenvalue weighted by atomic mass is 35.5. The van der Waals surface area contributed by atoms with Crippen LogP contribution in [0.15, 0.2) is 36.7 Å². The van der Waals surface area contributed by atoms with Crippen LogP contribution in [0.5, 0.6) is 0 Å². The van der Waals surface area contributed by atoms with Gasteiger partial charge in [-0.3, -0.25) is 0 Å².